The van der Waals surface area contributed by atoms with Crippen molar-refractivity contribution < 1.29 is 18.0 Å². The zero-order chi connectivity index (χ0) is 18.9. The molecule has 2 saturated heterocycles. The largest absolute Gasteiger partial charge is 0.326 e. The van der Waals surface area contributed by atoms with Gasteiger partial charge >= 0.3 is 6.03 Å². The monoisotopic (exact) mass is 385 g/mol. The normalized spacial score (nSPS) is 28.2. The van der Waals surface area contributed by atoms with Gasteiger partial charge in [-0.25, -0.2) is 18.1 Å². The van der Waals surface area contributed by atoms with Crippen LogP contribution >= 0.6 is 0 Å². The van der Waals surface area contributed by atoms with E-state index in [0.29, 0.717) is 31.7 Å². The summed E-state index contributed by atoms with van der Waals surface area (Å²) in [7, 11) is -3.01. The number of hydrogen-bond acceptors (Lipinski definition) is 5. The van der Waals surface area contributed by atoms with Gasteiger partial charge in [0.25, 0.3) is 5.91 Å². The fraction of sp³-hybridized carbons (Fsp3) is 0.889. The third kappa shape index (κ3) is 4.06. The van der Waals surface area contributed by atoms with Crippen molar-refractivity contribution >= 4 is 21.8 Å². The second-order valence-corrected chi connectivity index (χ2v) is 10.8. The topological polar surface area (TPSA) is 86.8 Å². The summed E-state index contributed by atoms with van der Waals surface area (Å²) in [6, 6.07) is -0.444. The molecule has 7 nitrogen and oxygen atoms in total. The SMILES string of the molecule is CC(C)CN(CN1C(=O)NC2(CCCCCC2)C1=O)C1CCS(=O)(=O)C1. The highest BCUT2D eigenvalue weighted by Gasteiger charge is 2.51. The van der Waals surface area contributed by atoms with E-state index in [9.17, 15) is 18.0 Å². The Bertz CT molecular complexity index is 653. The van der Waals surface area contributed by atoms with Crippen LogP contribution in [0.3, 0.4) is 0 Å². The van der Waals surface area contributed by atoms with Crippen molar-refractivity contribution in [1.82, 2.24) is 15.1 Å². The first-order chi connectivity index (χ1) is 12.2. The lowest BCUT2D eigenvalue weighted by atomic mass is 9.90. The zero-order valence-corrected chi connectivity index (χ0v) is 16.7. The molecule has 0 aromatic carbocycles. The highest BCUT2D eigenvalue weighted by Crippen LogP contribution is 2.33. The number of nitrogens with zero attached hydrogens (tertiary/aromatic N) is 2. The van der Waals surface area contributed by atoms with Gasteiger partial charge in [0.15, 0.2) is 9.84 Å². The maximum Gasteiger partial charge on any atom is 0.326 e. The number of amides is 3. The molecular weight excluding hydrogens is 354 g/mol. The van der Waals surface area contributed by atoms with Gasteiger partial charge in [-0.3, -0.25) is 9.69 Å². The molecule has 0 bridgehead atoms. The summed E-state index contributed by atoms with van der Waals surface area (Å²) < 4.78 is 23.8. The maximum absolute atomic E-state index is 13.1. The van der Waals surface area contributed by atoms with E-state index in [0.717, 1.165) is 25.7 Å². The van der Waals surface area contributed by atoms with Crippen LogP contribution in [0.2, 0.25) is 0 Å². The minimum absolute atomic E-state index is 0.117. The maximum atomic E-state index is 13.1. The number of rotatable bonds is 5. The van der Waals surface area contributed by atoms with Crippen LogP contribution in [0.5, 0.6) is 0 Å². The van der Waals surface area contributed by atoms with Crippen molar-refractivity contribution in [3.63, 3.8) is 0 Å². The lowest BCUT2D eigenvalue weighted by Gasteiger charge is -2.32. The molecule has 1 N–H and O–H groups in total. The molecule has 2 heterocycles. The highest BCUT2D eigenvalue weighted by atomic mass is 32.2. The standard InChI is InChI=1S/C18H31N3O4S/c1-14(2)11-20(15-7-10-26(24,25)12-15)13-21-16(22)18(19-17(21)23)8-5-3-4-6-9-18/h14-15H,3-13H2,1-2H3,(H,19,23). The van der Waals surface area contributed by atoms with Crippen molar-refractivity contribution in [3.05, 3.63) is 0 Å². The van der Waals surface area contributed by atoms with E-state index in [1.807, 2.05) is 4.90 Å². The van der Waals surface area contributed by atoms with Gasteiger partial charge in [0.05, 0.1) is 18.2 Å². The summed E-state index contributed by atoms with van der Waals surface area (Å²) in [4.78, 5) is 29.0. The lowest BCUT2D eigenvalue weighted by molar-refractivity contribution is -0.133. The summed E-state index contributed by atoms with van der Waals surface area (Å²) >= 11 is 0. The number of sulfone groups is 1. The molecule has 1 spiro atoms. The van der Waals surface area contributed by atoms with Crippen LogP contribution in [0.1, 0.15) is 58.8 Å². The summed E-state index contributed by atoms with van der Waals surface area (Å²) in [5, 5.41) is 2.97. The molecule has 1 aliphatic carbocycles. The molecule has 3 amide bonds. The van der Waals surface area contributed by atoms with Crippen LogP contribution in [0, 0.1) is 5.92 Å². The summed E-state index contributed by atoms with van der Waals surface area (Å²) in [5.74, 6) is 0.509. The molecular formula is C18H31N3O4S. The number of urea groups is 1. The van der Waals surface area contributed by atoms with E-state index >= 15 is 0 Å². The summed E-state index contributed by atoms with van der Waals surface area (Å²) in [5.41, 5.74) is -0.737. The number of carbonyl (C=O) groups excluding carboxylic acids is 2. The van der Waals surface area contributed by atoms with Crippen LogP contribution in [0.4, 0.5) is 4.79 Å². The molecule has 26 heavy (non-hydrogen) atoms. The Labute approximate surface area is 156 Å². The van der Waals surface area contributed by atoms with Crippen molar-refractivity contribution in [2.45, 2.75) is 70.4 Å². The average Bonchev–Trinajstić information content (AvgIpc) is 2.89. The molecule has 3 rings (SSSR count). The Morgan fingerprint density at radius 1 is 1.19 bits per heavy atom. The van der Waals surface area contributed by atoms with Gasteiger partial charge in [-0.2, -0.15) is 0 Å². The quantitative estimate of drug-likeness (QED) is 0.729. The molecule has 1 unspecified atom stereocenters. The third-order valence-electron chi connectivity index (χ3n) is 5.85. The molecule has 0 aromatic heterocycles. The number of hydrogen-bond donors (Lipinski definition) is 1. The van der Waals surface area contributed by atoms with E-state index in [-0.39, 0.29) is 36.2 Å². The Balaban J connectivity index is 1.75. The first-order valence-corrected chi connectivity index (χ1v) is 11.6. The number of imide groups is 1. The van der Waals surface area contributed by atoms with Gasteiger partial charge in [-0.05, 0) is 25.2 Å². The fourth-order valence-electron chi connectivity index (χ4n) is 4.51. The van der Waals surface area contributed by atoms with Crippen LogP contribution in [-0.2, 0) is 14.6 Å². The van der Waals surface area contributed by atoms with Gasteiger partial charge in [0.1, 0.15) is 5.54 Å². The van der Waals surface area contributed by atoms with Gasteiger partial charge in [-0.1, -0.05) is 39.5 Å². The first kappa shape index (κ1) is 19.6. The predicted molar refractivity (Wildman–Crippen MR) is 99.3 cm³/mol. The summed E-state index contributed by atoms with van der Waals surface area (Å²) in [6.07, 6.45) is 6.09. The van der Waals surface area contributed by atoms with Crippen LogP contribution < -0.4 is 5.32 Å². The molecule has 3 aliphatic rings. The summed E-state index contributed by atoms with van der Waals surface area (Å²) in [6.45, 7) is 4.99. The highest BCUT2D eigenvalue weighted by molar-refractivity contribution is 7.91. The van der Waals surface area contributed by atoms with E-state index in [4.69, 9.17) is 0 Å². The van der Waals surface area contributed by atoms with Crippen LogP contribution in [0.15, 0.2) is 0 Å². The van der Waals surface area contributed by atoms with Crippen LogP contribution in [-0.4, -0.2) is 66.5 Å². The lowest BCUT2D eigenvalue weighted by Crippen LogP contribution is -2.50. The van der Waals surface area contributed by atoms with Gasteiger partial charge in [0, 0.05) is 12.6 Å². The average molecular weight is 386 g/mol. The fourth-order valence-corrected chi connectivity index (χ4v) is 6.27. The van der Waals surface area contributed by atoms with Crippen molar-refractivity contribution in [3.8, 4) is 0 Å². The van der Waals surface area contributed by atoms with Crippen LogP contribution in [0.25, 0.3) is 0 Å². The minimum atomic E-state index is -3.01. The van der Waals surface area contributed by atoms with E-state index in [2.05, 4.69) is 19.2 Å². The minimum Gasteiger partial charge on any atom is -0.323 e. The molecule has 148 valence electrons. The van der Waals surface area contributed by atoms with Crippen molar-refractivity contribution in [2.75, 3.05) is 24.7 Å². The van der Waals surface area contributed by atoms with E-state index in [1.54, 1.807) is 0 Å². The number of nitrogens with one attached hydrogen (secondary N) is 1. The van der Waals surface area contributed by atoms with Crippen molar-refractivity contribution in [2.24, 2.45) is 5.92 Å². The molecule has 3 fully saturated rings. The second-order valence-electron chi connectivity index (χ2n) is 8.52. The molecule has 1 saturated carbocycles. The predicted octanol–water partition coefficient (Wildman–Crippen LogP) is 1.73. The smallest absolute Gasteiger partial charge is 0.323 e. The van der Waals surface area contributed by atoms with E-state index in [1.165, 1.54) is 4.90 Å². The Hall–Kier alpha value is -1.15. The Morgan fingerprint density at radius 3 is 2.38 bits per heavy atom. The van der Waals surface area contributed by atoms with Crippen molar-refractivity contribution in [1.29, 1.82) is 0 Å². The second kappa shape index (κ2) is 7.46. The van der Waals surface area contributed by atoms with Gasteiger partial charge in [-0.15, -0.1) is 0 Å². The Morgan fingerprint density at radius 2 is 1.85 bits per heavy atom. The zero-order valence-electron chi connectivity index (χ0n) is 15.9. The molecule has 8 heteroatoms. The third-order valence-corrected chi connectivity index (χ3v) is 7.60. The molecule has 0 radical (unpaired) electrons. The molecule has 0 aromatic rings. The van der Waals surface area contributed by atoms with E-state index < -0.39 is 15.4 Å². The molecule has 2 aliphatic heterocycles. The Kier molecular flexibility index (Phi) is 5.63. The number of carbonyl (C=O) groups is 2. The van der Waals surface area contributed by atoms with Gasteiger partial charge in [0.2, 0.25) is 0 Å². The van der Waals surface area contributed by atoms with Gasteiger partial charge < -0.3 is 5.32 Å². The molecule has 1 atom stereocenters. The first-order valence-electron chi connectivity index (χ1n) is 9.81.